The van der Waals surface area contributed by atoms with Gasteiger partial charge in [0.1, 0.15) is 0 Å². The molecule has 0 heterocycles. The summed E-state index contributed by atoms with van der Waals surface area (Å²) in [6, 6.07) is 0. The molecule has 0 bridgehead atoms. The highest BCUT2D eigenvalue weighted by molar-refractivity contribution is 4.24. The predicted octanol–water partition coefficient (Wildman–Crippen LogP) is 2.49. The summed E-state index contributed by atoms with van der Waals surface area (Å²) in [6.45, 7) is 18.7. The molecule has 0 atom stereocenters. The topological polar surface area (TPSA) is 71.4 Å². The van der Waals surface area contributed by atoms with Gasteiger partial charge in [-0.15, -0.1) is 0 Å². The Labute approximate surface area is 69.5 Å². The van der Waals surface area contributed by atoms with E-state index in [1.54, 1.807) is 0 Å². The number of rotatable bonds is 2. The van der Waals surface area contributed by atoms with Gasteiger partial charge in [-0.25, -0.2) is 0 Å². The molecular weight excluding hydrogens is 138 g/mol. The third-order valence-electron chi connectivity index (χ3n) is 0.707. The first kappa shape index (κ1) is 22.7. The van der Waals surface area contributed by atoms with E-state index in [0.29, 0.717) is 0 Å². The minimum Gasteiger partial charge on any atom is -0.512 e. The predicted molar refractivity (Wildman–Crippen MR) is 40.1 cm³/mol. The van der Waals surface area contributed by atoms with Gasteiger partial charge in [0.15, 0.2) is 0 Å². The van der Waals surface area contributed by atoms with Gasteiger partial charge in [-0.05, 0) is 0 Å². The minimum absolute atomic E-state index is 1.34. The molecule has 62 valence electrons. The number of nitrogens with zero attached hydrogens (tertiary/aromatic N) is 3. The minimum atomic E-state index is 1.34. The van der Waals surface area contributed by atoms with Gasteiger partial charge in [-0.2, -0.15) is 0 Å². The van der Waals surface area contributed by atoms with E-state index in [9.17, 15) is 0 Å². The molecule has 0 saturated heterocycles. The SMILES string of the molecule is CCCCC.[C-]#N.[C-]#N.[C-]#N. The molecule has 0 aromatic carbocycles. The van der Waals surface area contributed by atoms with E-state index in [0.717, 1.165) is 0 Å². The Hall–Kier alpha value is -1.53. The maximum Gasteiger partial charge on any atom is -0.0538 e. The standard InChI is InChI=1S/C5H12.3CN/c1-3-5-4-2;3*1-2/h3-5H2,1-2H3;;;/q;3*-1. The van der Waals surface area contributed by atoms with Crippen molar-refractivity contribution >= 4 is 0 Å². The van der Waals surface area contributed by atoms with Gasteiger partial charge in [0.25, 0.3) is 0 Å². The highest BCUT2D eigenvalue weighted by Crippen LogP contribution is 1.88. The van der Waals surface area contributed by atoms with Crippen molar-refractivity contribution in [3.8, 4) is 0 Å². The highest BCUT2D eigenvalue weighted by atomic mass is 14.2. The quantitative estimate of drug-likeness (QED) is 0.567. The lowest BCUT2D eigenvalue weighted by Gasteiger charge is -1.79. The molecule has 0 spiro atoms. The molecule has 0 aromatic heterocycles. The molecule has 0 fully saturated rings. The third kappa shape index (κ3) is 1610. The molecule has 0 unspecified atom stereocenters. The van der Waals surface area contributed by atoms with E-state index in [4.69, 9.17) is 35.5 Å². The van der Waals surface area contributed by atoms with Crippen molar-refractivity contribution in [3.63, 3.8) is 0 Å². The van der Waals surface area contributed by atoms with E-state index < -0.39 is 0 Å². The van der Waals surface area contributed by atoms with Gasteiger partial charge in [-0.1, -0.05) is 33.1 Å². The van der Waals surface area contributed by atoms with Gasteiger partial charge in [0.05, 0.1) is 0 Å². The van der Waals surface area contributed by atoms with Crippen molar-refractivity contribution in [1.82, 2.24) is 0 Å². The second-order valence-electron chi connectivity index (χ2n) is 1.35. The molecule has 0 saturated carbocycles. The number of unbranched alkanes of at least 4 members (excludes halogenated alkanes) is 2. The van der Waals surface area contributed by atoms with E-state index in [1.165, 1.54) is 19.3 Å². The fourth-order valence-corrected chi connectivity index (χ4v) is 0.354. The van der Waals surface area contributed by atoms with Crippen molar-refractivity contribution in [2.75, 3.05) is 0 Å². The molecule has 0 rings (SSSR count). The molecule has 0 N–H and O–H groups in total. The Bertz CT molecular complexity index is 64.8. The summed E-state index contributed by atoms with van der Waals surface area (Å²) >= 11 is 0. The summed E-state index contributed by atoms with van der Waals surface area (Å²) in [4.78, 5) is 0. The molecule has 0 aliphatic rings. The average molecular weight is 150 g/mol. The first-order valence-electron chi connectivity index (χ1n) is 3.09. The zero-order chi connectivity index (χ0) is 10.1. The Morgan fingerprint density at radius 3 is 0.909 bits per heavy atom. The van der Waals surface area contributed by atoms with Crippen molar-refractivity contribution < 1.29 is 0 Å². The molecule has 0 radical (unpaired) electrons. The van der Waals surface area contributed by atoms with E-state index in [-0.39, 0.29) is 0 Å². The van der Waals surface area contributed by atoms with Crippen molar-refractivity contribution in [2.24, 2.45) is 0 Å². The van der Waals surface area contributed by atoms with Crippen molar-refractivity contribution in [3.05, 3.63) is 19.7 Å². The van der Waals surface area contributed by atoms with Crippen molar-refractivity contribution in [1.29, 1.82) is 15.8 Å². The van der Waals surface area contributed by atoms with Gasteiger partial charge in [-0.3, -0.25) is 0 Å². The van der Waals surface area contributed by atoms with E-state index in [1.807, 2.05) is 0 Å². The second-order valence-corrected chi connectivity index (χ2v) is 1.35. The summed E-state index contributed by atoms with van der Waals surface area (Å²) in [5.41, 5.74) is 0. The van der Waals surface area contributed by atoms with Crippen LogP contribution in [-0.4, -0.2) is 0 Å². The van der Waals surface area contributed by atoms with Crippen LogP contribution in [0, 0.1) is 35.5 Å². The molecule has 0 aromatic rings. The fraction of sp³-hybridized carbons (Fsp3) is 0.625. The number of hydrogen-bond donors (Lipinski definition) is 0. The first-order valence-corrected chi connectivity index (χ1v) is 3.09. The second kappa shape index (κ2) is 219. The number of hydrogen-bond acceptors (Lipinski definition) is 3. The summed E-state index contributed by atoms with van der Waals surface area (Å²) in [7, 11) is 0. The highest BCUT2D eigenvalue weighted by Gasteiger charge is 1.68. The summed E-state index contributed by atoms with van der Waals surface area (Å²) in [5, 5.41) is 18.8. The molecule has 0 amide bonds. The molecule has 0 aliphatic heterocycles. The van der Waals surface area contributed by atoms with Gasteiger partial charge >= 0.3 is 0 Å². The van der Waals surface area contributed by atoms with E-state index >= 15 is 0 Å². The van der Waals surface area contributed by atoms with Crippen LogP contribution in [0.2, 0.25) is 0 Å². The smallest absolute Gasteiger partial charge is 0.0538 e. The summed E-state index contributed by atoms with van der Waals surface area (Å²) in [6.07, 6.45) is 4.08. The third-order valence-corrected chi connectivity index (χ3v) is 0.707. The van der Waals surface area contributed by atoms with Gasteiger partial charge in [0, 0.05) is 0 Å². The van der Waals surface area contributed by atoms with Crippen LogP contribution < -0.4 is 0 Å². The lowest BCUT2D eigenvalue weighted by atomic mass is 10.3. The van der Waals surface area contributed by atoms with Crippen LogP contribution in [-0.2, 0) is 0 Å². The summed E-state index contributed by atoms with van der Waals surface area (Å²) in [5.74, 6) is 0. The largest absolute Gasteiger partial charge is 0.512 e. The maximum atomic E-state index is 6.25. The van der Waals surface area contributed by atoms with Gasteiger partial charge < -0.3 is 35.5 Å². The summed E-state index contributed by atoms with van der Waals surface area (Å²) < 4.78 is 0. The Morgan fingerprint density at radius 2 is 0.909 bits per heavy atom. The first-order chi connectivity index (χ1) is 5.41. The van der Waals surface area contributed by atoms with Crippen LogP contribution in [0.15, 0.2) is 0 Å². The lowest BCUT2D eigenvalue weighted by molar-refractivity contribution is 0.772. The van der Waals surface area contributed by atoms with Crippen LogP contribution in [0.4, 0.5) is 0 Å². The van der Waals surface area contributed by atoms with Crippen LogP contribution in [0.3, 0.4) is 0 Å². The van der Waals surface area contributed by atoms with Crippen LogP contribution in [0.5, 0.6) is 0 Å². The van der Waals surface area contributed by atoms with Crippen molar-refractivity contribution in [2.45, 2.75) is 33.1 Å². The van der Waals surface area contributed by atoms with Gasteiger partial charge in [0.2, 0.25) is 0 Å². The zero-order valence-corrected chi connectivity index (χ0v) is 6.96. The van der Waals surface area contributed by atoms with Crippen LogP contribution >= 0.6 is 0 Å². The maximum absolute atomic E-state index is 6.25. The van der Waals surface area contributed by atoms with Crippen LogP contribution in [0.25, 0.3) is 0 Å². The molecular formula is C8H12N3-3. The molecule has 3 nitrogen and oxygen atoms in total. The molecule has 0 aliphatic carbocycles. The van der Waals surface area contributed by atoms with E-state index in [2.05, 4.69) is 13.8 Å². The molecule has 3 heteroatoms. The van der Waals surface area contributed by atoms with Crippen LogP contribution in [0.1, 0.15) is 33.1 Å². The molecule has 11 heavy (non-hydrogen) atoms. The Morgan fingerprint density at radius 1 is 0.727 bits per heavy atom. The Balaban J connectivity index is -0.0000000350. The Kier molecular flexibility index (Phi) is 451. The monoisotopic (exact) mass is 150 g/mol. The lowest BCUT2D eigenvalue weighted by Crippen LogP contribution is -1.59. The average Bonchev–Trinajstić information content (AvgIpc) is 2.16. The normalized spacial score (nSPS) is 4.36. The zero-order valence-electron chi connectivity index (χ0n) is 6.96. The fourth-order valence-electron chi connectivity index (χ4n) is 0.354.